The highest BCUT2D eigenvalue weighted by Crippen LogP contribution is 2.32. The molecule has 0 atom stereocenters. The molecular weight excluding hydrogens is 352 g/mol. The lowest BCUT2D eigenvalue weighted by atomic mass is 9.99. The van der Waals surface area contributed by atoms with Crippen molar-refractivity contribution in [2.24, 2.45) is 0 Å². The van der Waals surface area contributed by atoms with E-state index in [1.54, 1.807) is 0 Å². The number of carbonyl (C=O) groups is 1. The maximum atomic E-state index is 12.9. The van der Waals surface area contributed by atoms with Crippen LogP contribution in [-0.4, -0.2) is 35.8 Å². The number of aryl methyl sites for hydroxylation is 2. The van der Waals surface area contributed by atoms with Crippen molar-refractivity contribution in [2.45, 2.75) is 20.4 Å². The maximum absolute atomic E-state index is 12.9. The molecule has 0 aliphatic rings. The first-order valence-corrected chi connectivity index (χ1v) is 9.08. The van der Waals surface area contributed by atoms with Gasteiger partial charge >= 0.3 is 5.97 Å². The number of aromatic nitrogens is 2. The molecule has 2 heterocycles. The fraction of sp³-hybridized carbons (Fsp3) is 0.316. The van der Waals surface area contributed by atoms with E-state index < -0.39 is 5.97 Å². The van der Waals surface area contributed by atoms with Crippen molar-refractivity contribution in [3.8, 4) is 11.1 Å². The first kappa shape index (κ1) is 18.3. The topological polar surface area (TPSA) is 70.4 Å². The molecule has 3 aromatic rings. The van der Waals surface area contributed by atoms with E-state index in [4.69, 9.17) is 9.47 Å². The summed E-state index contributed by atoms with van der Waals surface area (Å²) in [6, 6.07) is 6.18. The highest BCUT2D eigenvalue weighted by molar-refractivity contribution is 7.17. The zero-order valence-electron chi connectivity index (χ0n) is 14.9. The smallest absolute Gasteiger partial charge is 0.332 e. The molecule has 0 radical (unpaired) electrons. The van der Waals surface area contributed by atoms with Gasteiger partial charge in [0.15, 0.2) is 0 Å². The zero-order chi connectivity index (χ0) is 18.7. The zero-order valence-corrected chi connectivity index (χ0v) is 15.8. The number of methoxy groups -OCH3 is 1. The third kappa shape index (κ3) is 3.68. The van der Waals surface area contributed by atoms with Gasteiger partial charge in [-0.25, -0.2) is 9.78 Å². The van der Waals surface area contributed by atoms with Gasteiger partial charge in [0.1, 0.15) is 18.0 Å². The average molecular weight is 372 g/mol. The Bertz CT molecular complexity index is 1010. The summed E-state index contributed by atoms with van der Waals surface area (Å²) in [7, 11) is 1.43. The minimum Gasteiger partial charge on any atom is -0.462 e. The molecule has 0 saturated carbocycles. The van der Waals surface area contributed by atoms with Crippen LogP contribution >= 0.6 is 11.3 Å². The van der Waals surface area contributed by atoms with Gasteiger partial charge in [-0.05, 0) is 25.0 Å². The Morgan fingerprint density at radius 2 is 2.08 bits per heavy atom. The number of carbonyl (C=O) groups excluding carboxylic acids is 1. The quantitative estimate of drug-likeness (QED) is 0.622. The van der Waals surface area contributed by atoms with Crippen molar-refractivity contribution in [1.29, 1.82) is 0 Å². The monoisotopic (exact) mass is 372 g/mol. The van der Waals surface area contributed by atoms with Crippen LogP contribution in [0.4, 0.5) is 0 Å². The second kappa shape index (κ2) is 7.80. The van der Waals surface area contributed by atoms with Gasteiger partial charge in [-0.2, -0.15) is 0 Å². The maximum Gasteiger partial charge on any atom is 0.332 e. The lowest BCUT2D eigenvalue weighted by molar-refractivity contribution is -0.148. The summed E-state index contributed by atoms with van der Waals surface area (Å²) in [6.45, 7) is 4.32. The molecule has 0 aliphatic carbocycles. The SMILES string of the molecule is COCC(=O)OCCn1cnc2scc(-c3ccc(C)cc3C)c2c1=O. The van der Waals surface area contributed by atoms with Gasteiger partial charge in [0, 0.05) is 18.1 Å². The van der Waals surface area contributed by atoms with Gasteiger partial charge in [-0.3, -0.25) is 9.36 Å². The Balaban J connectivity index is 1.93. The molecule has 3 rings (SSSR count). The van der Waals surface area contributed by atoms with Crippen molar-refractivity contribution in [2.75, 3.05) is 20.3 Å². The van der Waals surface area contributed by atoms with Gasteiger partial charge < -0.3 is 9.47 Å². The first-order valence-electron chi connectivity index (χ1n) is 8.20. The van der Waals surface area contributed by atoms with Crippen LogP contribution in [-0.2, 0) is 20.8 Å². The number of ether oxygens (including phenoxy) is 2. The van der Waals surface area contributed by atoms with E-state index in [2.05, 4.69) is 11.1 Å². The summed E-state index contributed by atoms with van der Waals surface area (Å²) < 4.78 is 11.2. The van der Waals surface area contributed by atoms with Gasteiger partial charge in [-0.15, -0.1) is 11.3 Å². The van der Waals surface area contributed by atoms with Crippen molar-refractivity contribution in [3.63, 3.8) is 0 Å². The minimum absolute atomic E-state index is 0.0956. The average Bonchev–Trinajstić information content (AvgIpc) is 3.02. The largest absolute Gasteiger partial charge is 0.462 e. The molecule has 2 aromatic heterocycles. The molecule has 0 bridgehead atoms. The summed E-state index contributed by atoms with van der Waals surface area (Å²) in [5, 5.41) is 2.58. The summed E-state index contributed by atoms with van der Waals surface area (Å²) in [4.78, 5) is 29.4. The van der Waals surface area contributed by atoms with E-state index >= 15 is 0 Å². The fourth-order valence-electron chi connectivity index (χ4n) is 2.86. The lowest BCUT2D eigenvalue weighted by Crippen LogP contribution is -2.24. The van der Waals surface area contributed by atoms with Crippen LogP contribution in [0.25, 0.3) is 21.3 Å². The summed E-state index contributed by atoms with van der Waals surface area (Å²) >= 11 is 1.45. The number of esters is 1. The predicted octanol–water partition coefficient (Wildman–Crippen LogP) is 2.93. The number of hydrogen-bond donors (Lipinski definition) is 0. The molecule has 0 saturated heterocycles. The predicted molar refractivity (Wildman–Crippen MR) is 102 cm³/mol. The molecule has 0 spiro atoms. The Morgan fingerprint density at radius 3 is 2.81 bits per heavy atom. The van der Waals surface area contributed by atoms with Gasteiger partial charge in [0.2, 0.25) is 0 Å². The van der Waals surface area contributed by atoms with Crippen LogP contribution in [0.1, 0.15) is 11.1 Å². The molecule has 0 fully saturated rings. The Morgan fingerprint density at radius 1 is 1.27 bits per heavy atom. The highest BCUT2D eigenvalue weighted by atomic mass is 32.1. The Kier molecular flexibility index (Phi) is 5.49. The Hall–Kier alpha value is -2.51. The van der Waals surface area contributed by atoms with E-state index in [1.807, 2.05) is 31.4 Å². The van der Waals surface area contributed by atoms with E-state index in [9.17, 15) is 9.59 Å². The first-order chi connectivity index (χ1) is 12.5. The molecule has 7 heteroatoms. The summed E-state index contributed by atoms with van der Waals surface area (Å²) in [5.74, 6) is -0.457. The summed E-state index contributed by atoms with van der Waals surface area (Å²) in [5.41, 5.74) is 4.09. The van der Waals surface area contributed by atoms with Crippen LogP contribution in [0.5, 0.6) is 0 Å². The molecule has 6 nitrogen and oxygen atoms in total. The molecule has 0 aliphatic heterocycles. The molecular formula is C19H20N2O4S. The van der Waals surface area contributed by atoms with Crippen LogP contribution in [0, 0.1) is 13.8 Å². The molecule has 136 valence electrons. The third-order valence-corrected chi connectivity index (χ3v) is 4.98. The Labute approximate surface area is 155 Å². The molecule has 26 heavy (non-hydrogen) atoms. The number of fused-ring (bicyclic) bond motifs is 1. The standard InChI is InChI=1S/C19H20N2O4S/c1-12-4-5-14(13(2)8-12)15-10-26-18-17(15)19(23)21(11-20-18)6-7-25-16(22)9-24-3/h4-5,8,10-11H,6-7,9H2,1-3H3. The summed E-state index contributed by atoms with van der Waals surface area (Å²) in [6.07, 6.45) is 1.50. The second-order valence-electron chi connectivity index (χ2n) is 6.04. The normalized spacial score (nSPS) is 11.0. The fourth-order valence-corrected chi connectivity index (χ4v) is 3.76. The second-order valence-corrected chi connectivity index (χ2v) is 6.90. The highest BCUT2D eigenvalue weighted by Gasteiger charge is 2.15. The molecule has 0 N–H and O–H groups in total. The van der Waals surface area contributed by atoms with E-state index in [-0.39, 0.29) is 25.3 Å². The number of thiophene rings is 1. The van der Waals surface area contributed by atoms with Gasteiger partial charge in [0.25, 0.3) is 5.56 Å². The van der Waals surface area contributed by atoms with Crippen LogP contribution in [0.2, 0.25) is 0 Å². The number of hydrogen-bond acceptors (Lipinski definition) is 6. The van der Waals surface area contributed by atoms with Gasteiger partial charge in [0.05, 0.1) is 18.3 Å². The number of rotatable bonds is 6. The van der Waals surface area contributed by atoms with E-state index in [0.29, 0.717) is 10.2 Å². The van der Waals surface area contributed by atoms with Crippen molar-refractivity contribution >= 4 is 27.5 Å². The molecule has 0 amide bonds. The van der Waals surface area contributed by atoms with E-state index in [1.165, 1.54) is 34.9 Å². The third-order valence-electron chi connectivity index (χ3n) is 4.09. The van der Waals surface area contributed by atoms with Crippen molar-refractivity contribution < 1.29 is 14.3 Å². The number of nitrogens with zero attached hydrogens (tertiary/aromatic N) is 2. The number of benzene rings is 1. The molecule has 0 unspecified atom stereocenters. The lowest BCUT2D eigenvalue weighted by Gasteiger charge is -2.08. The minimum atomic E-state index is -0.457. The van der Waals surface area contributed by atoms with Crippen molar-refractivity contribution in [1.82, 2.24) is 9.55 Å². The molecule has 1 aromatic carbocycles. The van der Waals surface area contributed by atoms with Crippen LogP contribution < -0.4 is 5.56 Å². The van der Waals surface area contributed by atoms with Crippen LogP contribution in [0.15, 0.2) is 34.7 Å². The van der Waals surface area contributed by atoms with Crippen LogP contribution in [0.3, 0.4) is 0 Å². The van der Waals surface area contributed by atoms with Gasteiger partial charge in [-0.1, -0.05) is 23.8 Å². The van der Waals surface area contributed by atoms with Crippen molar-refractivity contribution in [3.05, 3.63) is 51.4 Å². The van der Waals surface area contributed by atoms with E-state index in [0.717, 1.165) is 16.7 Å².